The van der Waals surface area contributed by atoms with Crippen LogP contribution in [0.15, 0.2) is 11.6 Å². The van der Waals surface area contributed by atoms with Gasteiger partial charge in [-0.05, 0) is 118 Å². The number of carbonyl (C=O) groups excluding carboxylic acids is 1. The van der Waals surface area contributed by atoms with Crippen LogP contribution in [0.25, 0.3) is 0 Å². The van der Waals surface area contributed by atoms with Crippen molar-refractivity contribution in [1.29, 1.82) is 0 Å². The molecule has 1 spiro atoms. The Morgan fingerprint density at radius 2 is 1.73 bits per heavy atom. The van der Waals surface area contributed by atoms with Gasteiger partial charge in [-0.3, -0.25) is 0 Å². The highest BCUT2D eigenvalue weighted by atomic mass is 16.6. The summed E-state index contributed by atoms with van der Waals surface area (Å²) in [5.41, 5.74) is 1.000. The maximum absolute atomic E-state index is 13.8. The minimum atomic E-state index is -0.674. The average Bonchev–Trinajstić information content (AvgIpc) is 3.44. The van der Waals surface area contributed by atoms with E-state index >= 15 is 0 Å². The second kappa shape index (κ2) is 7.11. The molecule has 0 aromatic heterocycles. The van der Waals surface area contributed by atoms with E-state index in [0.717, 1.165) is 50.5 Å². The first-order valence-corrected chi connectivity index (χ1v) is 13.8. The molecule has 33 heavy (non-hydrogen) atoms. The summed E-state index contributed by atoms with van der Waals surface area (Å²) in [5.74, 6) is 0.947. The number of allylic oxidation sites excluding steroid dienone is 1. The van der Waals surface area contributed by atoms with E-state index < -0.39 is 11.2 Å². The number of hydrogen-bond acceptors (Lipinski definition) is 3. The van der Waals surface area contributed by atoms with Gasteiger partial charge in [-0.15, -0.1) is 0 Å². The number of carbonyl (C=O) groups is 1. The molecule has 5 rings (SSSR count). The molecule has 3 heteroatoms. The van der Waals surface area contributed by atoms with E-state index in [0.29, 0.717) is 22.7 Å². The van der Waals surface area contributed by atoms with E-state index in [1.807, 2.05) is 13.8 Å². The summed E-state index contributed by atoms with van der Waals surface area (Å²) >= 11 is 0. The fraction of sp³-hybridized carbons (Fsp3) is 0.900. The molecule has 5 aliphatic carbocycles. The van der Waals surface area contributed by atoms with E-state index in [9.17, 15) is 9.90 Å². The Kier molecular flexibility index (Phi) is 5.15. The SMILES string of the molecule is CC(C)(O)[C@H]1CC[C@]2(C)CCC[C@](C)(OC(=O)C3=CC[C@@]4(C)CCCC(C)(C)[C@@]45C[C@@H]35)[C@@H]2C1. The highest BCUT2D eigenvalue weighted by Crippen LogP contribution is 2.80. The van der Waals surface area contributed by atoms with Gasteiger partial charge in [0.15, 0.2) is 0 Å². The van der Waals surface area contributed by atoms with Gasteiger partial charge in [0.05, 0.1) is 5.60 Å². The Balaban J connectivity index is 1.39. The lowest BCUT2D eigenvalue weighted by Crippen LogP contribution is -2.55. The molecule has 0 saturated heterocycles. The average molecular weight is 457 g/mol. The minimum Gasteiger partial charge on any atom is -0.456 e. The first-order chi connectivity index (χ1) is 15.2. The fourth-order valence-corrected chi connectivity index (χ4v) is 9.93. The first kappa shape index (κ1) is 23.9. The molecule has 4 saturated carbocycles. The van der Waals surface area contributed by atoms with Crippen LogP contribution in [0.1, 0.15) is 119 Å². The molecule has 5 aliphatic rings. The van der Waals surface area contributed by atoms with Gasteiger partial charge < -0.3 is 9.84 Å². The molecule has 0 aromatic carbocycles. The normalized spacial score (nSPS) is 48.6. The van der Waals surface area contributed by atoms with Crippen molar-refractivity contribution >= 4 is 5.97 Å². The Morgan fingerprint density at radius 3 is 2.42 bits per heavy atom. The quantitative estimate of drug-likeness (QED) is 0.456. The number of ether oxygens (including phenoxy) is 1. The molecule has 0 bridgehead atoms. The molecule has 1 N–H and O–H groups in total. The third-order valence-corrected chi connectivity index (χ3v) is 12.1. The van der Waals surface area contributed by atoms with Crippen molar-refractivity contribution < 1.29 is 14.6 Å². The molecule has 4 fully saturated rings. The molecule has 3 nitrogen and oxygen atoms in total. The number of hydrogen-bond donors (Lipinski definition) is 1. The van der Waals surface area contributed by atoms with Crippen molar-refractivity contribution in [2.75, 3.05) is 0 Å². The Morgan fingerprint density at radius 1 is 1.03 bits per heavy atom. The van der Waals surface area contributed by atoms with Crippen LogP contribution in [0.2, 0.25) is 0 Å². The summed E-state index contributed by atoms with van der Waals surface area (Å²) in [6.07, 6.45) is 14.8. The molecule has 0 radical (unpaired) electrons. The van der Waals surface area contributed by atoms with E-state index in [-0.39, 0.29) is 22.7 Å². The lowest BCUT2D eigenvalue weighted by molar-refractivity contribution is -0.186. The third kappa shape index (κ3) is 3.34. The highest BCUT2D eigenvalue weighted by molar-refractivity contribution is 5.91. The number of rotatable bonds is 3. The zero-order chi connectivity index (χ0) is 24.1. The largest absolute Gasteiger partial charge is 0.456 e. The summed E-state index contributed by atoms with van der Waals surface area (Å²) in [5, 5.41) is 10.8. The number of fused-ring (bicyclic) bond motifs is 1. The number of esters is 1. The Bertz CT molecular complexity index is 864. The van der Waals surface area contributed by atoms with E-state index in [1.165, 1.54) is 25.7 Å². The highest BCUT2D eigenvalue weighted by Gasteiger charge is 2.74. The summed E-state index contributed by atoms with van der Waals surface area (Å²) < 4.78 is 6.60. The van der Waals surface area contributed by atoms with Gasteiger partial charge in [0.1, 0.15) is 5.60 Å². The van der Waals surface area contributed by atoms with Crippen molar-refractivity contribution in [2.45, 2.75) is 130 Å². The second-order valence-electron chi connectivity index (χ2n) is 14.8. The maximum Gasteiger partial charge on any atom is 0.334 e. The molecule has 0 amide bonds. The minimum absolute atomic E-state index is 0.0302. The summed E-state index contributed by atoms with van der Waals surface area (Å²) in [6, 6.07) is 0. The van der Waals surface area contributed by atoms with Crippen LogP contribution in [0, 0.1) is 39.4 Å². The van der Waals surface area contributed by atoms with Crippen molar-refractivity contribution in [1.82, 2.24) is 0 Å². The van der Waals surface area contributed by atoms with Crippen LogP contribution in [0.3, 0.4) is 0 Å². The molecular formula is C30H48O3. The van der Waals surface area contributed by atoms with Crippen LogP contribution in [-0.4, -0.2) is 22.3 Å². The topological polar surface area (TPSA) is 46.5 Å². The van der Waals surface area contributed by atoms with Gasteiger partial charge >= 0.3 is 5.97 Å². The lowest BCUT2D eigenvalue weighted by atomic mass is 9.50. The monoisotopic (exact) mass is 456 g/mol. The van der Waals surface area contributed by atoms with E-state index in [1.54, 1.807) is 0 Å². The summed E-state index contributed by atoms with van der Waals surface area (Å²) in [6.45, 7) is 15.9. The molecule has 0 aromatic rings. The molecular weight excluding hydrogens is 408 g/mol. The number of aliphatic hydroxyl groups is 1. The van der Waals surface area contributed by atoms with Gasteiger partial charge in [-0.25, -0.2) is 4.79 Å². The molecule has 7 atom stereocenters. The van der Waals surface area contributed by atoms with Gasteiger partial charge in [0.25, 0.3) is 0 Å². The third-order valence-electron chi connectivity index (χ3n) is 12.1. The smallest absolute Gasteiger partial charge is 0.334 e. The molecule has 0 heterocycles. The van der Waals surface area contributed by atoms with Crippen molar-refractivity contribution in [3.05, 3.63) is 11.6 Å². The van der Waals surface area contributed by atoms with Gasteiger partial charge in [0, 0.05) is 11.5 Å². The molecule has 0 aliphatic heterocycles. The predicted octanol–water partition coefficient (Wildman–Crippen LogP) is 7.22. The van der Waals surface area contributed by atoms with Crippen molar-refractivity contribution in [3.63, 3.8) is 0 Å². The van der Waals surface area contributed by atoms with Gasteiger partial charge in [-0.2, -0.15) is 0 Å². The fourth-order valence-electron chi connectivity index (χ4n) is 9.93. The van der Waals surface area contributed by atoms with Crippen LogP contribution in [-0.2, 0) is 9.53 Å². The molecule has 186 valence electrons. The van der Waals surface area contributed by atoms with Crippen LogP contribution in [0.5, 0.6) is 0 Å². The first-order valence-electron chi connectivity index (χ1n) is 13.8. The van der Waals surface area contributed by atoms with Crippen molar-refractivity contribution in [2.24, 2.45) is 39.4 Å². The molecule has 0 unspecified atom stereocenters. The Labute approximate surface area is 202 Å². The predicted molar refractivity (Wildman–Crippen MR) is 133 cm³/mol. The lowest BCUT2D eigenvalue weighted by Gasteiger charge is -2.57. The van der Waals surface area contributed by atoms with Crippen LogP contribution >= 0.6 is 0 Å². The van der Waals surface area contributed by atoms with Gasteiger partial charge in [0.2, 0.25) is 0 Å². The zero-order valence-electron chi connectivity index (χ0n) is 22.4. The van der Waals surface area contributed by atoms with Crippen LogP contribution < -0.4 is 0 Å². The van der Waals surface area contributed by atoms with Crippen LogP contribution in [0.4, 0.5) is 0 Å². The zero-order valence-corrected chi connectivity index (χ0v) is 22.4. The van der Waals surface area contributed by atoms with E-state index in [4.69, 9.17) is 4.74 Å². The standard InChI is InChI=1S/C30H48O3/c1-25(2)12-8-14-28(6)17-11-21(22-19-30(22,25)28)24(31)33-29(7)15-9-13-27(5)16-10-20(18-23(27)29)26(3,4)32/h11,20,22-23,32H,8-10,12-19H2,1-7H3/t20-,22-,23+,27-,28+,29-,30-/m0/s1. The van der Waals surface area contributed by atoms with E-state index in [2.05, 4.69) is 40.7 Å². The summed E-state index contributed by atoms with van der Waals surface area (Å²) in [4.78, 5) is 13.8. The maximum atomic E-state index is 13.8. The van der Waals surface area contributed by atoms with Gasteiger partial charge in [-0.1, -0.05) is 40.2 Å². The van der Waals surface area contributed by atoms with Crippen molar-refractivity contribution in [3.8, 4) is 0 Å². The Hall–Kier alpha value is -0.830. The summed E-state index contributed by atoms with van der Waals surface area (Å²) in [7, 11) is 0. The second-order valence-corrected chi connectivity index (χ2v) is 14.8.